The fourth-order valence-corrected chi connectivity index (χ4v) is 2.23. The molecular weight excluding hydrogens is 257 g/mol. The van der Waals surface area contributed by atoms with Crippen molar-refractivity contribution in [3.8, 4) is 0 Å². The van der Waals surface area contributed by atoms with Gasteiger partial charge in [0, 0.05) is 18.2 Å². The standard InChI is InChI=1S/C15H14FN3O/c16-12-9-17-7-6-13(12)18-15(20)19-14-8-11(14)10-4-2-1-3-5-10/h1-7,9,11,14H,8H2,(H2,17,18,19,20). The van der Waals surface area contributed by atoms with E-state index in [9.17, 15) is 9.18 Å². The van der Waals surface area contributed by atoms with Crippen LogP contribution >= 0.6 is 0 Å². The monoisotopic (exact) mass is 271 g/mol. The topological polar surface area (TPSA) is 54.0 Å². The summed E-state index contributed by atoms with van der Waals surface area (Å²) in [7, 11) is 0. The van der Waals surface area contributed by atoms with E-state index in [1.807, 2.05) is 30.3 Å². The van der Waals surface area contributed by atoms with Crippen LogP contribution in [-0.4, -0.2) is 17.1 Å². The van der Waals surface area contributed by atoms with Gasteiger partial charge >= 0.3 is 6.03 Å². The van der Waals surface area contributed by atoms with Crippen LogP contribution in [0.3, 0.4) is 0 Å². The van der Waals surface area contributed by atoms with Gasteiger partial charge in [-0.25, -0.2) is 9.18 Å². The number of hydrogen-bond donors (Lipinski definition) is 2. The molecule has 0 aliphatic heterocycles. The van der Waals surface area contributed by atoms with E-state index < -0.39 is 11.8 Å². The van der Waals surface area contributed by atoms with Gasteiger partial charge < -0.3 is 10.6 Å². The fourth-order valence-electron chi connectivity index (χ4n) is 2.23. The maximum atomic E-state index is 13.3. The molecule has 102 valence electrons. The SMILES string of the molecule is O=C(Nc1ccncc1F)NC1CC1c1ccccc1. The molecule has 0 radical (unpaired) electrons. The highest BCUT2D eigenvalue weighted by Gasteiger charge is 2.39. The smallest absolute Gasteiger partial charge is 0.319 e. The highest BCUT2D eigenvalue weighted by atomic mass is 19.1. The third kappa shape index (κ3) is 2.77. The van der Waals surface area contributed by atoms with Gasteiger partial charge in [0.05, 0.1) is 11.9 Å². The molecule has 1 aliphatic carbocycles. The van der Waals surface area contributed by atoms with Crippen molar-refractivity contribution in [2.75, 3.05) is 5.32 Å². The largest absolute Gasteiger partial charge is 0.334 e. The first-order chi connectivity index (χ1) is 9.74. The Morgan fingerprint density at radius 3 is 2.80 bits per heavy atom. The molecule has 0 spiro atoms. The number of aromatic nitrogens is 1. The van der Waals surface area contributed by atoms with E-state index in [-0.39, 0.29) is 11.7 Å². The minimum atomic E-state index is -0.543. The Hall–Kier alpha value is -2.43. The summed E-state index contributed by atoms with van der Waals surface area (Å²) >= 11 is 0. The quantitative estimate of drug-likeness (QED) is 0.901. The molecule has 2 N–H and O–H groups in total. The predicted molar refractivity (Wildman–Crippen MR) is 73.9 cm³/mol. The van der Waals surface area contributed by atoms with Crippen LogP contribution in [-0.2, 0) is 0 Å². The number of nitrogens with zero attached hydrogens (tertiary/aromatic N) is 1. The summed E-state index contributed by atoms with van der Waals surface area (Å²) in [6.07, 6.45) is 3.42. The summed E-state index contributed by atoms with van der Waals surface area (Å²) in [6.45, 7) is 0. The molecule has 1 aromatic heterocycles. The average Bonchev–Trinajstić information content (AvgIpc) is 3.21. The molecule has 4 nitrogen and oxygen atoms in total. The van der Waals surface area contributed by atoms with Crippen LogP contribution in [0.25, 0.3) is 0 Å². The Balaban J connectivity index is 1.55. The van der Waals surface area contributed by atoms with Crippen LogP contribution in [0, 0.1) is 5.82 Å². The van der Waals surface area contributed by atoms with Crippen LogP contribution < -0.4 is 10.6 Å². The zero-order chi connectivity index (χ0) is 13.9. The van der Waals surface area contributed by atoms with Crippen molar-refractivity contribution in [3.63, 3.8) is 0 Å². The van der Waals surface area contributed by atoms with Gasteiger partial charge in [0.25, 0.3) is 0 Å². The number of urea groups is 1. The third-order valence-electron chi connectivity index (χ3n) is 3.36. The first-order valence-corrected chi connectivity index (χ1v) is 6.46. The Labute approximate surface area is 116 Å². The molecule has 1 fully saturated rings. The van der Waals surface area contributed by atoms with Crippen molar-refractivity contribution in [2.24, 2.45) is 0 Å². The zero-order valence-corrected chi connectivity index (χ0v) is 10.7. The van der Waals surface area contributed by atoms with Gasteiger partial charge in [-0.05, 0) is 18.1 Å². The number of pyridine rings is 1. The Kier molecular flexibility index (Phi) is 3.33. The number of amides is 2. The number of nitrogens with one attached hydrogen (secondary N) is 2. The second kappa shape index (κ2) is 5.28. The van der Waals surface area contributed by atoms with E-state index in [1.165, 1.54) is 17.8 Å². The summed E-state index contributed by atoms with van der Waals surface area (Å²) in [5.74, 6) is -0.192. The summed E-state index contributed by atoms with van der Waals surface area (Å²) in [5, 5.41) is 5.33. The van der Waals surface area contributed by atoms with E-state index in [1.54, 1.807) is 0 Å². The van der Waals surface area contributed by atoms with Crippen LogP contribution in [0.15, 0.2) is 48.8 Å². The van der Waals surface area contributed by atoms with Gasteiger partial charge in [0.15, 0.2) is 5.82 Å². The molecule has 2 unspecified atom stereocenters. The van der Waals surface area contributed by atoms with Crippen molar-refractivity contribution >= 4 is 11.7 Å². The molecule has 2 aromatic rings. The van der Waals surface area contributed by atoms with Crippen molar-refractivity contribution in [3.05, 3.63) is 60.2 Å². The van der Waals surface area contributed by atoms with E-state index >= 15 is 0 Å². The first-order valence-electron chi connectivity index (χ1n) is 6.46. The van der Waals surface area contributed by atoms with Gasteiger partial charge in [-0.3, -0.25) is 4.98 Å². The molecule has 1 heterocycles. The number of halogens is 1. The van der Waals surface area contributed by atoms with E-state index in [4.69, 9.17) is 0 Å². The maximum absolute atomic E-state index is 13.3. The molecule has 20 heavy (non-hydrogen) atoms. The second-order valence-electron chi connectivity index (χ2n) is 4.81. The Morgan fingerprint density at radius 2 is 2.05 bits per heavy atom. The summed E-state index contributed by atoms with van der Waals surface area (Å²) < 4.78 is 13.3. The van der Waals surface area contributed by atoms with Crippen LogP contribution in [0.2, 0.25) is 0 Å². The lowest BCUT2D eigenvalue weighted by atomic mass is 10.1. The number of anilines is 1. The summed E-state index contributed by atoms with van der Waals surface area (Å²) in [6, 6.07) is 11.2. The predicted octanol–water partition coefficient (Wildman–Crippen LogP) is 2.90. The highest BCUT2D eigenvalue weighted by Crippen LogP contribution is 2.40. The number of carbonyl (C=O) groups excluding carboxylic acids is 1. The summed E-state index contributed by atoms with van der Waals surface area (Å²) in [5.41, 5.74) is 1.35. The van der Waals surface area contributed by atoms with E-state index in [0.29, 0.717) is 5.92 Å². The third-order valence-corrected chi connectivity index (χ3v) is 3.36. The molecule has 0 bridgehead atoms. The van der Waals surface area contributed by atoms with Crippen molar-refractivity contribution < 1.29 is 9.18 Å². The molecule has 3 rings (SSSR count). The molecule has 2 atom stereocenters. The second-order valence-corrected chi connectivity index (χ2v) is 4.81. The van der Waals surface area contributed by atoms with Crippen molar-refractivity contribution in [2.45, 2.75) is 18.4 Å². The molecule has 1 aromatic carbocycles. The number of hydrogen-bond acceptors (Lipinski definition) is 2. The van der Waals surface area contributed by atoms with Crippen LogP contribution in [0.1, 0.15) is 17.9 Å². The number of carbonyl (C=O) groups is 1. The van der Waals surface area contributed by atoms with Crippen molar-refractivity contribution in [1.29, 1.82) is 0 Å². The molecule has 2 amide bonds. The molecule has 5 heteroatoms. The lowest BCUT2D eigenvalue weighted by Crippen LogP contribution is -2.31. The Morgan fingerprint density at radius 1 is 1.25 bits per heavy atom. The zero-order valence-electron chi connectivity index (χ0n) is 10.7. The molecular formula is C15H14FN3O. The maximum Gasteiger partial charge on any atom is 0.319 e. The minimum Gasteiger partial charge on any atom is -0.334 e. The van der Waals surface area contributed by atoms with Crippen molar-refractivity contribution in [1.82, 2.24) is 10.3 Å². The Bertz CT molecular complexity index is 618. The lowest BCUT2D eigenvalue weighted by molar-refractivity contribution is 0.251. The van der Waals surface area contributed by atoms with E-state index in [2.05, 4.69) is 15.6 Å². The van der Waals surface area contributed by atoms with Crippen LogP contribution in [0.5, 0.6) is 0 Å². The van der Waals surface area contributed by atoms with E-state index in [0.717, 1.165) is 12.6 Å². The van der Waals surface area contributed by atoms with Gasteiger partial charge in [0.2, 0.25) is 0 Å². The van der Waals surface area contributed by atoms with Gasteiger partial charge in [-0.2, -0.15) is 0 Å². The molecule has 1 saturated carbocycles. The minimum absolute atomic E-state index is 0.113. The lowest BCUT2D eigenvalue weighted by Gasteiger charge is -2.07. The van der Waals surface area contributed by atoms with Gasteiger partial charge in [0.1, 0.15) is 0 Å². The number of benzene rings is 1. The number of rotatable bonds is 3. The highest BCUT2D eigenvalue weighted by molar-refractivity contribution is 5.89. The average molecular weight is 271 g/mol. The molecule has 0 saturated heterocycles. The van der Waals surface area contributed by atoms with Gasteiger partial charge in [-0.1, -0.05) is 30.3 Å². The van der Waals surface area contributed by atoms with Gasteiger partial charge in [-0.15, -0.1) is 0 Å². The molecule has 1 aliphatic rings. The van der Waals surface area contributed by atoms with Crippen LogP contribution in [0.4, 0.5) is 14.9 Å². The normalized spacial score (nSPS) is 20.2. The first kappa shape index (κ1) is 12.6. The summed E-state index contributed by atoms with van der Waals surface area (Å²) in [4.78, 5) is 15.4. The fraction of sp³-hybridized carbons (Fsp3) is 0.200.